The highest BCUT2D eigenvalue weighted by molar-refractivity contribution is 9.10. The number of hydrogen-bond donors (Lipinski definition) is 0. The van der Waals surface area contributed by atoms with Crippen LogP contribution in [0.3, 0.4) is 0 Å². The Morgan fingerprint density at radius 2 is 2.00 bits per heavy atom. The number of rotatable bonds is 0. The number of alkyl halides is 2. The van der Waals surface area contributed by atoms with E-state index in [1.807, 2.05) is 12.1 Å². The van der Waals surface area contributed by atoms with Gasteiger partial charge in [-0.3, -0.25) is 0 Å². The standard InChI is InChI=1S/C11H9BrF2/c12-8-3-6-1-2-9-10(6)7(4-8)5-11(9,13)14/h3-4,9H,1-2,5H2. The molecule has 0 heterocycles. The van der Waals surface area contributed by atoms with Crippen LogP contribution < -0.4 is 0 Å². The molecular weight excluding hydrogens is 250 g/mol. The number of halogens is 3. The monoisotopic (exact) mass is 258 g/mol. The lowest BCUT2D eigenvalue weighted by atomic mass is 10.0. The first-order valence-electron chi connectivity index (χ1n) is 4.77. The lowest BCUT2D eigenvalue weighted by Crippen LogP contribution is -2.20. The molecule has 1 unspecified atom stereocenters. The summed E-state index contributed by atoms with van der Waals surface area (Å²) >= 11 is 3.37. The van der Waals surface area contributed by atoms with E-state index in [0.717, 1.165) is 27.6 Å². The second-order valence-corrected chi connectivity index (χ2v) is 5.08. The van der Waals surface area contributed by atoms with Gasteiger partial charge in [0.25, 0.3) is 5.92 Å². The second-order valence-electron chi connectivity index (χ2n) is 4.17. The second kappa shape index (κ2) is 2.57. The molecule has 0 saturated carbocycles. The summed E-state index contributed by atoms with van der Waals surface area (Å²) < 4.78 is 28.0. The minimum atomic E-state index is -2.51. The Bertz CT molecular complexity index is 412. The number of benzene rings is 1. The van der Waals surface area contributed by atoms with Crippen molar-refractivity contribution in [2.24, 2.45) is 0 Å². The van der Waals surface area contributed by atoms with Crippen molar-refractivity contribution in [1.29, 1.82) is 0 Å². The summed E-state index contributed by atoms with van der Waals surface area (Å²) in [6, 6.07) is 3.83. The van der Waals surface area contributed by atoms with E-state index in [9.17, 15) is 8.78 Å². The zero-order valence-corrected chi connectivity index (χ0v) is 9.07. The maximum Gasteiger partial charge on any atom is 0.258 e. The van der Waals surface area contributed by atoms with Gasteiger partial charge >= 0.3 is 0 Å². The van der Waals surface area contributed by atoms with Gasteiger partial charge in [-0.15, -0.1) is 0 Å². The van der Waals surface area contributed by atoms with Crippen molar-refractivity contribution in [2.75, 3.05) is 0 Å². The van der Waals surface area contributed by atoms with Crippen molar-refractivity contribution in [3.05, 3.63) is 33.3 Å². The fourth-order valence-electron chi connectivity index (χ4n) is 2.78. The summed E-state index contributed by atoms with van der Waals surface area (Å²) in [6.07, 6.45) is 1.35. The van der Waals surface area contributed by atoms with Crippen molar-refractivity contribution in [2.45, 2.75) is 31.1 Å². The lowest BCUT2D eigenvalue weighted by Gasteiger charge is -2.15. The van der Waals surface area contributed by atoms with Gasteiger partial charge in [-0.25, -0.2) is 8.78 Å². The molecule has 1 aromatic carbocycles. The molecule has 1 aromatic rings. The van der Waals surface area contributed by atoms with Crippen molar-refractivity contribution in [3.8, 4) is 0 Å². The average molecular weight is 259 g/mol. The Morgan fingerprint density at radius 3 is 2.79 bits per heavy atom. The number of hydrogen-bond acceptors (Lipinski definition) is 0. The zero-order valence-electron chi connectivity index (χ0n) is 7.49. The van der Waals surface area contributed by atoms with E-state index in [1.165, 1.54) is 0 Å². The van der Waals surface area contributed by atoms with Crippen LogP contribution in [0.1, 0.15) is 29.0 Å². The molecule has 2 aliphatic rings. The van der Waals surface area contributed by atoms with Crippen LogP contribution in [0, 0.1) is 0 Å². The van der Waals surface area contributed by atoms with Gasteiger partial charge in [0.1, 0.15) is 0 Å². The molecule has 0 bridgehead atoms. The highest BCUT2D eigenvalue weighted by atomic mass is 79.9. The van der Waals surface area contributed by atoms with Gasteiger partial charge in [0, 0.05) is 16.8 Å². The van der Waals surface area contributed by atoms with Crippen LogP contribution in [-0.2, 0) is 12.8 Å². The van der Waals surface area contributed by atoms with E-state index in [-0.39, 0.29) is 6.42 Å². The maximum absolute atomic E-state index is 13.6. The Kier molecular flexibility index (Phi) is 1.62. The van der Waals surface area contributed by atoms with Crippen LogP contribution in [0.25, 0.3) is 0 Å². The highest BCUT2D eigenvalue weighted by Gasteiger charge is 2.50. The smallest absolute Gasteiger partial charge is 0.206 e. The molecule has 1 atom stereocenters. The molecule has 0 radical (unpaired) electrons. The fourth-order valence-corrected chi connectivity index (χ4v) is 3.33. The van der Waals surface area contributed by atoms with Crippen LogP contribution in [0.2, 0.25) is 0 Å². The molecule has 0 spiro atoms. The highest BCUT2D eigenvalue weighted by Crippen LogP contribution is 2.52. The Morgan fingerprint density at radius 1 is 1.29 bits per heavy atom. The molecule has 3 heteroatoms. The summed E-state index contributed by atoms with van der Waals surface area (Å²) in [6.45, 7) is 0. The molecule has 0 fully saturated rings. The SMILES string of the molecule is FC1(F)Cc2cc(Br)cc3c2C1CC3. The normalized spacial score (nSPS) is 26.6. The topological polar surface area (TPSA) is 0 Å². The first kappa shape index (κ1) is 8.84. The van der Waals surface area contributed by atoms with E-state index in [0.29, 0.717) is 6.42 Å². The van der Waals surface area contributed by atoms with Gasteiger partial charge in [-0.05, 0) is 41.7 Å². The van der Waals surface area contributed by atoms with Gasteiger partial charge in [0.05, 0.1) is 0 Å². The van der Waals surface area contributed by atoms with Gasteiger partial charge < -0.3 is 0 Å². The number of aryl methyl sites for hydroxylation is 1. The quantitative estimate of drug-likeness (QED) is 0.666. The van der Waals surface area contributed by atoms with E-state index >= 15 is 0 Å². The van der Waals surface area contributed by atoms with Gasteiger partial charge in [-0.2, -0.15) is 0 Å². The van der Waals surface area contributed by atoms with E-state index in [4.69, 9.17) is 0 Å². The van der Waals surface area contributed by atoms with Crippen LogP contribution in [0.5, 0.6) is 0 Å². The molecule has 14 heavy (non-hydrogen) atoms. The molecule has 0 saturated heterocycles. The van der Waals surface area contributed by atoms with Crippen molar-refractivity contribution >= 4 is 15.9 Å². The Balaban J connectivity index is 2.24. The zero-order chi connectivity index (χ0) is 9.92. The minimum Gasteiger partial charge on any atom is -0.206 e. The van der Waals surface area contributed by atoms with Gasteiger partial charge in [-0.1, -0.05) is 15.9 Å². The summed E-state index contributed by atoms with van der Waals surface area (Å²) in [5.74, 6) is -3.01. The molecule has 0 nitrogen and oxygen atoms in total. The molecule has 0 aromatic heterocycles. The van der Waals surface area contributed by atoms with Crippen LogP contribution >= 0.6 is 15.9 Å². The first-order valence-corrected chi connectivity index (χ1v) is 5.56. The Labute approximate surface area is 89.4 Å². The minimum absolute atomic E-state index is 0.0700. The van der Waals surface area contributed by atoms with Gasteiger partial charge in [0.2, 0.25) is 0 Å². The molecule has 3 rings (SSSR count). The third-order valence-electron chi connectivity index (χ3n) is 3.30. The van der Waals surface area contributed by atoms with E-state index in [2.05, 4.69) is 15.9 Å². The predicted octanol–water partition coefficient (Wildman–Crippen LogP) is 3.67. The molecule has 0 aliphatic heterocycles. The summed E-state index contributed by atoms with van der Waals surface area (Å²) in [5, 5.41) is 0. The van der Waals surface area contributed by atoms with Crippen molar-refractivity contribution < 1.29 is 8.78 Å². The predicted molar refractivity (Wildman–Crippen MR) is 53.9 cm³/mol. The molecular formula is C11H9BrF2. The molecule has 0 amide bonds. The molecule has 0 N–H and O–H groups in total. The fraction of sp³-hybridized carbons (Fsp3) is 0.455. The van der Waals surface area contributed by atoms with Crippen molar-refractivity contribution in [3.63, 3.8) is 0 Å². The largest absolute Gasteiger partial charge is 0.258 e. The van der Waals surface area contributed by atoms with Crippen LogP contribution in [-0.4, -0.2) is 5.92 Å². The maximum atomic E-state index is 13.6. The summed E-state index contributed by atoms with van der Waals surface area (Å²) in [4.78, 5) is 0. The average Bonchev–Trinajstić information content (AvgIpc) is 2.55. The van der Waals surface area contributed by atoms with Gasteiger partial charge in [0.15, 0.2) is 0 Å². The molecule has 74 valence electrons. The van der Waals surface area contributed by atoms with E-state index in [1.54, 1.807) is 0 Å². The third-order valence-corrected chi connectivity index (χ3v) is 3.76. The van der Waals surface area contributed by atoms with Crippen LogP contribution in [0.15, 0.2) is 16.6 Å². The van der Waals surface area contributed by atoms with E-state index < -0.39 is 11.8 Å². The van der Waals surface area contributed by atoms with Crippen LogP contribution in [0.4, 0.5) is 8.78 Å². The first-order chi connectivity index (χ1) is 6.58. The lowest BCUT2D eigenvalue weighted by molar-refractivity contribution is -0.0152. The Hall–Kier alpha value is -0.440. The molecule has 2 aliphatic carbocycles. The third kappa shape index (κ3) is 1.02. The van der Waals surface area contributed by atoms with Crippen molar-refractivity contribution in [1.82, 2.24) is 0 Å². The summed E-state index contributed by atoms with van der Waals surface area (Å²) in [7, 11) is 0. The summed E-state index contributed by atoms with van der Waals surface area (Å²) in [5.41, 5.74) is 2.91.